The zero-order chi connectivity index (χ0) is 15.8. The summed E-state index contributed by atoms with van der Waals surface area (Å²) in [5.74, 6) is 0.00395. The molecule has 116 valence electrons. The summed E-state index contributed by atoms with van der Waals surface area (Å²) in [7, 11) is 3.40. The highest BCUT2D eigenvalue weighted by atomic mass is 16.2. The van der Waals surface area contributed by atoms with Crippen molar-refractivity contribution in [1.29, 1.82) is 0 Å². The molecule has 0 aliphatic rings. The Balaban J connectivity index is 2.48. The molecule has 0 saturated heterocycles. The number of nitrogens with one attached hydrogen (secondary N) is 2. The summed E-state index contributed by atoms with van der Waals surface area (Å²) in [6.45, 7) is 5.36. The fraction of sp³-hybridized carbons (Fsp3) is 0.500. The molecule has 0 aliphatic heterocycles. The first-order valence-corrected chi connectivity index (χ1v) is 7.22. The molecule has 0 heterocycles. The van der Waals surface area contributed by atoms with Crippen LogP contribution in [0.2, 0.25) is 0 Å². The summed E-state index contributed by atoms with van der Waals surface area (Å²) in [5.41, 5.74) is 1.63. The van der Waals surface area contributed by atoms with Gasteiger partial charge in [0.25, 0.3) is 5.91 Å². The topological polar surface area (TPSA) is 61.4 Å². The largest absolute Gasteiger partial charge is 0.355 e. The first-order chi connectivity index (χ1) is 9.93. The van der Waals surface area contributed by atoms with E-state index in [1.54, 1.807) is 31.1 Å². The van der Waals surface area contributed by atoms with Gasteiger partial charge in [0.2, 0.25) is 5.91 Å². The van der Waals surface area contributed by atoms with Crippen molar-refractivity contribution in [1.82, 2.24) is 15.5 Å². The minimum atomic E-state index is -0.106. The van der Waals surface area contributed by atoms with Crippen LogP contribution in [0.3, 0.4) is 0 Å². The first kappa shape index (κ1) is 17.2. The molecule has 2 N–H and O–H groups in total. The highest BCUT2D eigenvalue weighted by Gasteiger charge is 2.10. The highest BCUT2D eigenvalue weighted by Crippen LogP contribution is 2.07. The van der Waals surface area contributed by atoms with Gasteiger partial charge < -0.3 is 15.5 Å². The lowest BCUT2D eigenvalue weighted by molar-refractivity contribution is -0.130. The molecule has 0 spiro atoms. The fourth-order valence-corrected chi connectivity index (χ4v) is 1.93. The summed E-state index contributed by atoms with van der Waals surface area (Å²) in [6.07, 6.45) is 0.491. The lowest BCUT2D eigenvalue weighted by Crippen LogP contribution is -2.31. The Hall–Kier alpha value is -1.88. The van der Waals surface area contributed by atoms with Gasteiger partial charge in [-0.25, -0.2) is 0 Å². The summed E-state index contributed by atoms with van der Waals surface area (Å²) >= 11 is 0. The second-order valence-electron chi connectivity index (χ2n) is 5.38. The quantitative estimate of drug-likeness (QED) is 0.798. The van der Waals surface area contributed by atoms with E-state index in [9.17, 15) is 9.59 Å². The molecule has 1 rings (SSSR count). The van der Waals surface area contributed by atoms with Crippen LogP contribution in [0.15, 0.2) is 24.3 Å². The van der Waals surface area contributed by atoms with E-state index in [1.165, 1.54) is 0 Å². The molecular weight excluding hydrogens is 266 g/mol. The predicted molar refractivity (Wildman–Crippen MR) is 84.1 cm³/mol. The van der Waals surface area contributed by atoms with Crippen LogP contribution in [-0.4, -0.2) is 43.4 Å². The number of benzene rings is 1. The minimum absolute atomic E-state index is 0.106. The summed E-state index contributed by atoms with van der Waals surface area (Å²) < 4.78 is 0. The van der Waals surface area contributed by atoms with Crippen molar-refractivity contribution in [3.63, 3.8) is 0 Å². The Morgan fingerprint density at radius 2 is 1.81 bits per heavy atom. The first-order valence-electron chi connectivity index (χ1n) is 7.22. The summed E-state index contributed by atoms with van der Waals surface area (Å²) in [6, 6.07) is 7.68. The van der Waals surface area contributed by atoms with E-state index in [4.69, 9.17) is 0 Å². The lowest BCUT2D eigenvalue weighted by atomic mass is 10.1. The molecule has 1 aromatic carbocycles. The van der Waals surface area contributed by atoms with Gasteiger partial charge in [-0.05, 0) is 17.7 Å². The summed E-state index contributed by atoms with van der Waals surface area (Å²) in [4.78, 5) is 25.1. The second kappa shape index (κ2) is 8.42. The third kappa shape index (κ3) is 5.95. The summed E-state index contributed by atoms with van der Waals surface area (Å²) in [5, 5.41) is 5.81. The van der Waals surface area contributed by atoms with Gasteiger partial charge in [-0.2, -0.15) is 0 Å². The molecule has 0 atom stereocenters. The number of hydrogen-bond donors (Lipinski definition) is 2. The van der Waals surface area contributed by atoms with Crippen molar-refractivity contribution in [2.75, 3.05) is 20.6 Å². The van der Waals surface area contributed by atoms with Gasteiger partial charge in [-0.1, -0.05) is 26.0 Å². The number of rotatable bonds is 7. The van der Waals surface area contributed by atoms with Gasteiger partial charge in [-0.15, -0.1) is 0 Å². The zero-order valence-electron chi connectivity index (χ0n) is 13.3. The maximum absolute atomic E-state index is 12.0. The van der Waals surface area contributed by atoms with E-state index in [0.717, 1.165) is 5.56 Å². The van der Waals surface area contributed by atoms with E-state index in [1.807, 2.05) is 12.1 Å². The van der Waals surface area contributed by atoms with Crippen LogP contribution >= 0.6 is 0 Å². The molecule has 0 bridgehead atoms. The number of carbonyl (C=O) groups excluding carboxylic acids is 2. The van der Waals surface area contributed by atoms with Crippen molar-refractivity contribution in [2.45, 2.75) is 32.9 Å². The maximum Gasteiger partial charge on any atom is 0.251 e. The van der Waals surface area contributed by atoms with E-state index in [0.29, 0.717) is 31.1 Å². The van der Waals surface area contributed by atoms with Crippen LogP contribution in [0.1, 0.15) is 36.2 Å². The normalized spacial score (nSPS) is 10.5. The molecule has 21 heavy (non-hydrogen) atoms. The van der Waals surface area contributed by atoms with Crippen molar-refractivity contribution < 1.29 is 9.59 Å². The van der Waals surface area contributed by atoms with Gasteiger partial charge in [0, 0.05) is 45.2 Å². The van der Waals surface area contributed by atoms with Crippen LogP contribution in [0, 0.1) is 0 Å². The molecular formula is C16H25N3O2. The third-order valence-electron chi connectivity index (χ3n) is 3.18. The average molecular weight is 291 g/mol. The predicted octanol–water partition coefficient (Wildman–Crippen LogP) is 1.39. The molecule has 5 heteroatoms. The Morgan fingerprint density at radius 3 is 2.33 bits per heavy atom. The van der Waals surface area contributed by atoms with Crippen molar-refractivity contribution in [3.05, 3.63) is 35.4 Å². The smallest absolute Gasteiger partial charge is 0.251 e. The number of nitrogens with zero attached hydrogens (tertiary/aromatic N) is 1. The molecule has 1 aromatic rings. The number of hydrogen-bond acceptors (Lipinski definition) is 3. The van der Waals surface area contributed by atoms with Gasteiger partial charge in [0.05, 0.1) is 0 Å². The van der Waals surface area contributed by atoms with Gasteiger partial charge in [0.15, 0.2) is 0 Å². The van der Waals surface area contributed by atoms with E-state index in [-0.39, 0.29) is 11.8 Å². The number of amides is 2. The van der Waals surface area contributed by atoms with Crippen LogP contribution in [-0.2, 0) is 11.3 Å². The maximum atomic E-state index is 12.0. The second-order valence-corrected chi connectivity index (χ2v) is 5.38. The molecule has 0 unspecified atom stereocenters. The van der Waals surface area contributed by atoms with Crippen molar-refractivity contribution in [2.24, 2.45) is 0 Å². The molecule has 0 aliphatic carbocycles. The molecule has 0 saturated carbocycles. The third-order valence-corrected chi connectivity index (χ3v) is 3.18. The van der Waals surface area contributed by atoms with E-state index >= 15 is 0 Å². The van der Waals surface area contributed by atoms with Gasteiger partial charge >= 0.3 is 0 Å². The molecule has 5 nitrogen and oxygen atoms in total. The highest BCUT2D eigenvalue weighted by molar-refractivity contribution is 5.93. The van der Waals surface area contributed by atoms with Crippen LogP contribution < -0.4 is 10.6 Å². The Kier molecular flexibility index (Phi) is 6.88. The monoisotopic (exact) mass is 291 g/mol. The van der Waals surface area contributed by atoms with E-state index in [2.05, 4.69) is 24.5 Å². The van der Waals surface area contributed by atoms with Crippen molar-refractivity contribution in [3.8, 4) is 0 Å². The van der Waals surface area contributed by atoms with Gasteiger partial charge in [-0.3, -0.25) is 9.59 Å². The van der Waals surface area contributed by atoms with Crippen LogP contribution in [0.25, 0.3) is 0 Å². The number of carbonyl (C=O) groups is 2. The molecule has 0 radical (unpaired) electrons. The van der Waals surface area contributed by atoms with Crippen LogP contribution in [0.4, 0.5) is 0 Å². The Bertz CT molecular complexity index is 469. The fourth-order valence-electron chi connectivity index (χ4n) is 1.93. The standard InChI is InChI=1S/C16H25N3O2/c1-12(2)18-10-9-15(20)19(4)11-13-5-7-14(8-6-13)16(21)17-3/h5-8,12,18H,9-11H2,1-4H3,(H,17,21). The molecule has 0 aromatic heterocycles. The lowest BCUT2D eigenvalue weighted by Gasteiger charge is -2.18. The SMILES string of the molecule is CNC(=O)c1ccc(CN(C)C(=O)CCNC(C)C)cc1. The zero-order valence-corrected chi connectivity index (χ0v) is 13.3. The van der Waals surface area contributed by atoms with Gasteiger partial charge in [0.1, 0.15) is 0 Å². The molecule has 0 fully saturated rings. The molecule has 2 amide bonds. The Labute approximate surface area is 126 Å². The minimum Gasteiger partial charge on any atom is -0.355 e. The van der Waals surface area contributed by atoms with Crippen molar-refractivity contribution >= 4 is 11.8 Å². The Morgan fingerprint density at radius 1 is 1.19 bits per heavy atom. The van der Waals surface area contributed by atoms with E-state index < -0.39 is 0 Å². The van der Waals surface area contributed by atoms with Crippen LogP contribution in [0.5, 0.6) is 0 Å². The average Bonchev–Trinajstić information content (AvgIpc) is 2.46.